The molecule has 3 aromatic carbocycles. The van der Waals surface area contributed by atoms with E-state index >= 15 is 0 Å². The number of esters is 1. The number of hydrogen-bond acceptors (Lipinski definition) is 15. The zero-order valence-electron chi connectivity index (χ0n) is 44.6. The van der Waals surface area contributed by atoms with E-state index in [1.54, 1.807) is 76.0 Å². The van der Waals surface area contributed by atoms with Crippen molar-refractivity contribution in [1.29, 1.82) is 0 Å². The first-order valence-electron chi connectivity index (χ1n) is 26.4. The molecule has 5 bridgehead atoms. The van der Waals surface area contributed by atoms with Crippen LogP contribution in [0.3, 0.4) is 0 Å². The second-order valence-corrected chi connectivity index (χ2v) is 21.9. The van der Waals surface area contributed by atoms with Crippen LogP contribution in [0.1, 0.15) is 103 Å². The number of halogens is 1. The number of fused-ring (bicyclic) bond motifs is 13. The number of likely N-dealkylation sites (tertiary alicyclic amines) is 1. The van der Waals surface area contributed by atoms with Crippen molar-refractivity contribution in [3.8, 4) is 17.2 Å². The van der Waals surface area contributed by atoms with Crippen LogP contribution in [0, 0.1) is 42.3 Å². The van der Waals surface area contributed by atoms with Gasteiger partial charge in [0.2, 0.25) is 5.91 Å². The summed E-state index contributed by atoms with van der Waals surface area (Å²) in [5, 5.41) is 50.9. The van der Waals surface area contributed by atoms with E-state index in [1.165, 1.54) is 25.3 Å². The van der Waals surface area contributed by atoms with Crippen LogP contribution in [0.15, 0.2) is 70.4 Å². The summed E-state index contributed by atoms with van der Waals surface area (Å²) in [6.07, 6.45) is 5.88. The van der Waals surface area contributed by atoms with Crippen LogP contribution in [-0.4, -0.2) is 129 Å². The van der Waals surface area contributed by atoms with Gasteiger partial charge in [0.1, 0.15) is 40.9 Å². The molecule has 0 aromatic heterocycles. The van der Waals surface area contributed by atoms with Crippen molar-refractivity contribution in [3.05, 3.63) is 88.1 Å². The van der Waals surface area contributed by atoms with Gasteiger partial charge in [-0.15, -0.1) is 0 Å². The number of anilines is 2. The summed E-state index contributed by atoms with van der Waals surface area (Å²) in [7, 11) is 0. The van der Waals surface area contributed by atoms with Gasteiger partial charge in [-0.2, -0.15) is 0 Å². The Bertz CT molecular complexity index is 2930. The van der Waals surface area contributed by atoms with Gasteiger partial charge in [-0.1, -0.05) is 59.8 Å². The predicted molar refractivity (Wildman–Crippen MR) is 280 cm³/mol. The minimum Gasteiger partial charge on any atom is -0.507 e. The Hall–Kier alpha value is -6.37. The molecule has 6 heterocycles. The first kappa shape index (κ1) is 54.9. The number of phenolic OH excluding ortho intramolecular Hbond substituents is 2. The second kappa shape index (κ2) is 22.1. The molecule has 3 aromatic rings. The summed E-state index contributed by atoms with van der Waals surface area (Å²) in [5.74, 6) is -7.68. The molecule has 75 heavy (non-hydrogen) atoms. The fraction of sp³-hybridized carbons (Fsp3) is 0.544. The topological polar surface area (TPSA) is 223 Å². The number of ether oxygens (including phenoxy) is 3. The summed E-state index contributed by atoms with van der Waals surface area (Å²) < 4.78 is 32.2. The highest BCUT2D eigenvalue weighted by molar-refractivity contribution is 6.19. The summed E-state index contributed by atoms with van der Waals surface area (Å²) >= 11 is 0. The smallest absolute Gasteiger partial charge is 0.315 e. The molecule has 18 heteroatoms. The molecular weight excluding hydrogens is 964 g/mol. The van der Waals surface area contributed by atoms with Gasteiger partial charge in [0, 0.05) is 106 Å². The molecule has 0 aliphatic carbocycles. The molecule has 17 nitrogen and oxygen atoms in total. The lowest BCUT2D eigenvalue weighted by molar-refractivity contribution is -0.162. The number of nitrogens with one attached hydrogen (secondary N) is 1. The molecule has 1 spiro atoms. The highest BCUT2D eigenvalue weighted by Gasteiger charge is 2.50. The maximum Gasteiger partial charge on any atom is 0.315 e. The zero-order valence-corrected chi connectivity index (χ0v) is 44.6. The van der Waals surface area contributed by atoms with E-state index in [9.17, 15) is 44.0 Å². The number of carbonyl (C=O) groups is 4. The number of Topliss-reactive ketones (excluding diaryl/α,β-unsaturated/α-hetero) is 1. The molecule has 6 aliphatic rings. The molecule has 6 aliphatic heterocycles. The maximum absolute atomic E-state index is 14.9. The van der Waals surface area contributed by atoms with Gasteiger partial charge in [-0.25, -0.2) is 4.39 Å². The number of ketones is 1. The Labute approximate surface area is 437 Å². The fourth-order valence-electron chi connectivity index (χ4n) is 11.2. The van der Waals surface area contributed by atoms with Crippen LogP contribution in [0.5, 0.6) is 17.2 Å². The van der Waals surface area contributed by atoms with Crippen molar-refractivity contribution in [2.75, 3.05) is 56.0 Å². The normalized spacial score (nSPS) is 29.1. The Morgan fingerprint density at radius 3 is 2.29 bits per heavy atom. The van der Waals surface area contributed by atoms with Crippen LogP contribution in [-0.2, 0) is 23.9 Å². The number of piperidine rings is 1. The van der Waals surface area contributed by atoms with Gasteiger partial charge in [0.25, 0.3) is 11.7 Å². The number of aliphatic hydroxyl groups is 2. The number of carbonyl (C=O) groups excluding carboxylic acids is 4. The van der Waals surface area contributed by atoms with Crippen molar-refractivity contribution in [1.82, 2.24) is 9.80 Å². The van der Waals surface area contributed by atoms with Gasteiger partial charge in [0.15, 0.2) is 11.4 Å². The molecule has 9 rings (SSSR count). The fourth-order valence-corrected chi connectivity index (χ4v) is 11.2. The number of hydrogen-bond donors (Lipinski definition) is 5. The zero-order chi connectivity index (χ0) is 54.3. The van der Waals surface area contributed by atoms with E-state index in [1.807, 2.05) is 6.92 Å². The lowest BCUT2D eigenvalue weighted by atomic mass is 9.79. The van der Waals surface area contributed by atoms with Crippen LogP contribution < -0.4 is 25.7 Å². The maximum atomic E-state index is 14.9. The van der Waals surface area contributed by atoms with E-state index < -0.39 is 89.2 Å². The number of aliphatic hydroxyl groups excluding tert-OH is 2. The monoisotopic (exact) mass is 1040 g/mol. The van der Waals surface area contributed by atoms with E-state index in [2.05, 4.69) is 29.0 Å². The number of phenols is 2. The van der Waals surface area contributed by atoms with E-state index in [0.29, 0.717) is 64.4 Å². The average Bonchev–Trinajstić information content (AvgIpc) is 3.74. The number of aromatic hydroxyl groups is 2. The standard InChI is InChI=1S/C57H73FN6O11/c1-31(2)30-62-24-20-57(21-25-62)60-45-42-43-50(69)37(8)53-44(42)54(71)56(9,75-53)73-28-11-15-33(4)52(74-41(66)29-40(65)64-23-12-22-63(26-27-64)39-18-16-38(58)17-19-39)36(7)49(68)35(6)48(67)32(3)13-10-14-34(5)55(72)59-47(51(43)70)46(45)61-57/h10-11,13-14,16-19,28,31-33,35-36,48-49,52,67-70H,12,15,20-27,29-30H2,1-9H3,(H,59,72)/b13-10+,28-11+,34-14-/t32?,33-,35-,36-,48+,49?,52?,56?/m1/s1. The third-order valence-electron chi connectivity index (χ3n) is 15.8. The molecule has 8 atom stereocenters. The number of amides is 2. The molecule has 4 unspecified atom stereocenters. The minimum absolute atomic E-state index is 0.0260. The Kier molecular flexibility index (Phi) is 16.2. The summed E-state index contributed by atoms with van der Waals surface area (Å²) in [6.45, 7) is 20.0. The predicted octanol–water partition coefficient (Wildman–Crippen LogP) is 6.37. The number of benzene rings is 3. The summed E-state index contributed by atoms with van der Waals surface area (Å²) in [6, 6.07) is 6.18. The van der Waals surface area contributed by atoms with E-state index in [0.717, 1.165) is 12.2 Å². The highest BCUT2D eigenvalue weighted by atomic mass is 19.1. The van der Waals surface area contributed by atoms with E-state index in [-0.39, 0.29) is 67.6 Å². The lowest BCUT2D eigenvalue weighted by Crippen LogP contribution is -2.45. The van der Waals surface area contributed by atoms with Crippen LogP contribution >= 0.6 is 0 Å². The second-order valence-electron chi connectivity index (χ2n) is 21.9. The van der Waals surface area contributed by atoms with Gasteiger partial charge in [-0.05, 0) is 68.9 Å². The van der Waals surface area contributed by atoms with Gasteiger partial charge in [-0.3, -0.25) is 29.2 Å². The van der Waals surface area contributed by atoms with Crippen molar-refractivity contribution >= 4 is 45.7 Å². The van der Waals surface area contributed by atoms with Gasteiger partial charge in [0.05, 0.1) is 34.8 Å². The highest BCUT2D eigenvalue weighted by Crippen LogP contribution is 2.50. The summed E-state index contributed by atoms with van der Waals surface area (Å²) in [5.41, 5.74) is 0.181. The SMILES string of the molecule is C/C1=C/C=C/C(C)[C@H](O)[C@@H](C)C(O)[C@@H](C)C(OC(=O)CC(=O)N2CCCN(c3ccc(F)cc3)CC2)[C@H](C)C/C=C/OC2(C)Oc3c(C)c(O)c4c(O)c(c5c(c4c3C2=O)=NC2(CCN(CC(C)C)CC2)N=5)NC1=O. The first-order valence-corrected chi connectivity index (χ1v) is 26.4. The Balaban J connectivity index is 1.11. The van der Waals surface area contributed by atoms with E-state index in [4.69, 9.17) is 24.2 Å². The molecule has 2 amide bonds. The van der Waals surface area contributed by atoms with Crippen LogP contribution in [0.2, 0.25) is 0 Å². The quantitative estimate of drug-likeness (QED) is 0.103. The van der Waals surface area contributed by atoms with Crippen LogP contribution in [0.25, 0.3) is 10.8 Å². The lowest BCUT2D eigenvalue weighted by Gasteiger charge is -2.36. The minimum atomic E-state index is -1.97. The molecule has 2 saturated heterocycles. The van der Waals surface area contributed by atoms with Crippen molar-refractivity contribution < 1.29 is 58.2 Å². The van der Waals surface area contributed by atoms with Crippen LogP contribution in [0.4, 0.5) is 15.8 Å². The molecule has 0 radical (unpaired) electrons. The Morgan fingerprint density at radius 1 is 0.907 bits per heavy atom. The molecule has 0 saturated carbocycles. The first-order chi connectivity index (χ1) is 35.5. The third kappa shape index (κ3) is 11.2. The van der Waals surface area contributed by atoms with Gasteiger partial charge >= 0.3 is 11.8 Å². The largest absolute Gasteiger partial charge is 0.507 e. The van der Waals surface area contributed by atoms with Crippen molar-refractivity contribution in [2.45, 2.75) is 124 Å². The molecule has 5 N–H and O–H groups in total. The third-order valence-corrected chi connectivity index (χ3v) is 15.8. The van der Waals surface area contributed by atoms with Crippen molar-refractivity contribution in [2.24, 2.45) is 39.6 Å². The van der Waals surface area contributed by atoms with Gasteiger partial charge < -0.3 is 54.7 Å². The molecule has 2 fully saturated rings. The number of rotatable bonds is 6. The number of nitrogens with zero attached hydrogens (tertiary/aromatic N) is 5. The Morgan fingerprint density at radius 2 is 1.60 bits per heavy atom. The summed E-state index contributed by atoms with van der Waals surface area (Å²) in [4.78, 5) is 72.8. The number of allylic oxidation sites excluding steroid dienone is 3. The van der Waals surface area contributed by atoms with Crippen molar-refractivity contribution in [3.63, 3.8) is 0 Å². The molecule has 404 valence electrons. The average molecular weight is 1040 g/mol. The molecular formula is C57H73FN6O11.